The Balaban J connectivity index is 1.58. The van der Waals surface area contributed by atoms with Crippen LogP contribution in [0.5, 0.6) is 0 Å². The van der Waals surface area contributed by atoms with Crippen LogP contribution in [-0.2, 0) is 17.6 Å². The summed E-state index contributed by atoms with van der Waals surface area (Å²) in [5.74, 6) is 2.12. The van der Waals surface area contributed by atoms with Gasteiger partial charge in [-0.3, -0.25) is 0 Å². The fourth-order valence-electron chi connectivity index (χ4n) is 4.44. The molecule has 0 bridgehead atoms. The van der Waals surface area contributed by atoms with Gasteiger partial charge in [0.1, 0.15) is 0 Å². The number of hydrogen-bond acceptors (Lipinski definition) is 4. The molecule has 2 N–H and O–H groups in total. The van der Waals surface area contributed by atoms with E-state index in [0.29, 0.717) is 12.5 Å². The van der Waals surface area contributed by atoms with E-state index < -0.39 is 6.09 Å². The minimum Gasteiger partial charge on any atom is -0.449 e. The number of carbonyl (C=O) groups excluding carboxylic acids is 1. The molecule has 0 aliphatic heterocycles. The highest BCUT2D eigenvalue weighted by atomic mass is 16.5. The molecular weight excluding hydrogens is 242 g/mol. The van der Waals surface area contributed by atoms with E-state index in [1.807, 2.05) is 13.1 Å². The van der Waals surface area contributed by atoms with E-state index in [4.69, 9.17) is 10.5 Å². The Bertz CT molecular complexity index is 574. The fourth-order valence-corrected chi connectivity index (χ4v) is 4.44. The molecule has 1 aromatic heterocycles. The zero-order valence-corrected chi connectivity index (χ0v) is 10.9. The Morgan fingerprint density at radius 2 is 2.42 bits per heavy atom. The number of nitrogens with two attached hydrogens (primary N) is 1. The van der Waals surface area contributed by atoms with Crippen molar-refractivity contribution in [1.82, 2.24) is 10.2 Å². The van der Waals surface area contributed by atoms with Crippen molar-refractivity contribution in [2.24, 2.45) is 28.9 Å². The van der Waals surface area contributed by atoms with Crippen molar-refractivity contribution in [2.75, 3.05) is 6.61 Å². The lowest BCUT2D eigenvalue weighted by Gasteiger charge is -2.24. The first-order chi connectivity index (χ1) is 9.14. The smallest absolute Gasteiger partial charge is 0.404 e. The van der Waals surface area contributed by atoms with Crippen LogP contribution in [0.3, 0.4) is 0 Å². The lowest BCUT2D eigenvalue weighted by atomic mass is 9.82. The Hall–Kier alpha value is -1.65. The largest absolute Gasteiger partial charge is 0.449 e. The molecule has 4 atom stereocenters. The SMILES string of the molecule is Cc1nncc2c1CC1C3[C@H](CC2)C13COC(N)=O. The van der Waals surface area contributed by atoms with Gasteiger partial charge in [-0.25, -0.2) is 4.79 Å². The number of carbonyl (C=O) groups is 1. The van der Waals surface area contributed by atoms with E-state index in [-0.39, 0.29) is 5.41 Å². The van der Waals surface area contributed by atoms with Crippen LogP contribution in [0.4, 0.5) is 4.79 Å². The maximum Gasteiger partial charge on any atom is 0.404 e. The number of fused-ring (bicyclic) bond motifs is 3. The summed E-state index contributed by atoms with van der Waals surface area (Å²) >= 11 is 0. The Kier molecular flexibility index (Phi) is 2.04. The Morgan fingerprint density at radius 1 is 1.58 bits per heavy atom. The molecule has 1 amide bonds. The summed E-state index contributed by atoms with van der Waals surface area (Å²) in [6, 6.07) is 0. The molecule has 2 fully saturated rings. The molecule has 100 valence electrons. The van der Waals surface area contributed by atoms with Crippen molar-refractivity contribution >= 4 is 6.09 Å². The molecule has 2 saturated carbocycles. The normalized spacial score (nSPS) is 37.4. The third kappa shape index (κ3) is 1.38. The van der Waals surface area contributed by atoms with Gasteiger partial charge >= 0.3 is 6.09 Å². The van der Waals surface area contributed by atoms with Crippen LogP contribution >= 0.6 is 0 Å². The van der Waals surface area contributed by atoms with E-state index in [9.17, 15) is 4.79 Å². The first kappa shape index (κ1) is 11.2. The van der Waals surface area contributed by atoms with Crippen LogP contribution in [0, 0.1) is 30.1 Å². The van der Waals surface area contributed by atoms with E-state index in [0.717, 1.165) is 30.4 Å². The zero-order valence-electron chi connectivity index (χ0n) is 10.9. The summed E-state index contributed by atoms with van der Waals surface area (Å²) in [5.41, 5.74) is 9.11. The molecular formula is C14H17N3O2. The molecule has 19 heavy (non-hydrogen) atoms. The third-order valence-electron chi connectivity index (χ3n) is 5.51. The van der Waals surface area contributed by atoms with Gasteiger partial charge < -0.3 is 10.5 Å². The number of primary amides is 1. The molecule has 0 spiro atoms. The second-order valence-corrected chi connectivity index (χ2v) is 6.14. The zero-order chi connectivity index (χ0) is 13.2. The first-order valence-corrected chi connectivity index (χ1v) is 6.87. The highest BCUT2D eigenvalue weighted by Crippen LogP contribution is 2.86. The molecule has 3 unspecified atom stereocenters. The summed E-state index contributed by atoms with van der Waals surface area (Å²) in [6.07, 6.45) is 4.55. The fraction of sp³-hybridized carbons (Fsp3) is 0.643. The van der Waals surface area contributed by atoms with Gasteiger partial charge in [-0.1, -0.05) is 0 Å². The Morgan fingerprint density at radius 3 is 3.21 bits per heavy atom. The molecule has 0 radical (unpaired) electrons. The average molecular weight is 259 g/mol. The second-order valence-electron chi connectivity index (χ2n) is 6.14. The van der Waals surface area contributed by atoms with Gasteiger partial charge in [0.2, 0.25) is 0 Å². The van der Waals surface area contributed by atoms with Crippen molar-refractivity contribution in [2.45, 2.75) is 26.2 Å². The van der Waals surface area contributed by atoms with E-state index >= 15 is 0 Å². The van der Waals surface area contributed by atoms with Crippen molar-refractivity contribution in [1.29, 1.82) is 0 Å². The lowest BCUT2D eigenvalue weighted by molar-refractivity contribution is 0.126. The average Bonchev–Trinajstić information content (AvgIpc) is 3.16. The number of hydrogen-bond donors (Lipinski definition) is 1. The minimum atomic E-state index is -0.649. The molecule has 5 nitrogen and oxygen atoms in total. The minimum absolute atomic E-state index is 0.252. The van der Waals surface area contributed by atoms with Crippen molar-refractivity contribution in [3.63, 3.8) is 0 Å². The molecule has 0 saturated heterocycles. The number of aromatic nitrogens is 2. The number of rotatable bonds is 2. The third-order valence-corrected chi connectivity index (χ3v) is 5.51. The number of amides is 1. The number of aryl methyl sites for hydroxylation is 2. The van der Waals surface area contributed by atoms with Crippen LogP contribution in [0.15, 0.2) is 6.20 Å². The number of nitrogens with zero attached hydrogens (tertiary/aromatic N) is 2. The van der Waals surface area contributed by atoms with E-state index in [1.54, 1.807) is 0 Å². The maximum absolute atomic E-state index is 10.8. The summed E-state index contributed by atoms with van der Waals surface area (Å²) < 4.78 is 5.07. The summed E-state index contributed by atoms with van der Waals surface area (Å²) in [6.45, 7) is 2.54. The maximum atomic E-state index is 10.8. The van der Waals surface area contributed by atoms with Gasteiger partial charge in [0.05, 0.1) is 18.5 Å². The summed E-state index contributed by atoms with van der Waals surface area (Å²) in [4.78, 5) is 10.8. The first-order valence-electron chi connectivity index (χ1n) is 6.87. The van der Waals surface area contributed by atoms with Crippen molar-refractivity contribution in [3.05, 3.63) is 23.0 Å². The molecule has 0 aromatic carbocycles. The quantitative estimate of drug-likeness (QED) is 0.866. The van der Waals surface area contributed by atoms with Gasteiger partial charge in [0.25, 0.3) is 0 Å². The van der Waals surface area contributed by atoms with Gasteiger partial charge in [-0.15, -0.1) is 0 Å². The van der Waals surface area contributed by atoms with Gasteiger partial charge in [-0.2, -0.15) is 10.2 Å². The topological polar surface area (TPSA) is 78.1 Å². The highest BCUT2D eigenvalue weighted by molar-refractivity contribution is 5.64. The van der Waals surface area contributed by atoms with Crippen LogP contribution in [0.25, 0.3) is 0 Å². The summed E-state index contributed by atoms with van der Waals surface area (Å²) in [5, 5.41) is 8.22. The van der Waals surface area contributed by atoms with E-state index in [1.165, 1.54) is 17.5 Å². The molecule has 5 heteroatoms. The molecule has 3 aliphatic carbocycles. The van der Waals surface area contributed by atoms with Gasteiger partial charge in [0.15, 0.2) is 0 Å². The van der Waals surface area contributed by atoms with Crippen LogP contribution in [0.2, 0.25) is 0 Å². The standard InChI is InChI=1S/C14H17N3O2/c1-7-9-4-11-12-10(3-2-8(9)5-16-17-7)14(11,12)6-19-13(15)18/h5,10-12H,2-4,6H2,1H3,(H2,15,18)/t10-,11?,12?,14?/m0/s1. The van der Waals surface area contributed by atoms with Gasteiger partial charge in [-0.05, 0) is 55.1 Å². The number of ether oxygens (including phenoxy) is 1. The predicted octanol–water partition coefficient (Wildman–Crippen LogP) is 1.23. The van der Waals surface area contributed by atoms with Crippen LogP contribution in [0.1, 0.15) is 23.2 Å². The molecule has 1 heterocycles. The second kappa shape index (κ2) is 3.46. The highest BCUT2D eigenvalue weighted by Gasteiger charge is 2.85. The predicted molar refractivity (Wildman–Crippen MR) is 67.2 cm³/mol. The lowest BCUT2D eigenvalue weighted by Crippen LogP contribution is -2.24. The van der Waals surface area contributed by atoms with Crippen molar-refractivity contribution < 1.29 is 9.53 Å². The van der Waals surface area contributed by atoms with Gasteiger partial charge in [0, 0.05) is 5.41 Å². The van der Waals surface area contributed by atoms with Crippen LogP contribution in [-0.4, -0.2) is 22.9 Å². The van der Waals surface area contributed by atoms with Crippen LogP contribution < -0.4 is 5.73 Å². The summed E-state index contributed by atoms with van der Waals surface area (Å²) in [7, 11) is 0. The molecule has 1 aromatic rings. The Labute approximate surface area is 111 Å². The molecule has 4 rings (SSSR count). The van der Waals surface area contributed by atoms with E-state index in [2.05, 4.69) is 10.2 Å². The monoisotopic (exact) mass is 259 g/mol. The van der Waals surface area contributed by atoms with Crippen molar-refractivity contribution in [3.8, 4) is 0 Å². The molecule has 3 aliphatic rings.